The Balaban J connectivity index is 4.23. The Labute approximate surface area is 358 Å². The van der Waals surface area contributed by atoms with Crippen molar-refractivity contribution >= 4 is 13.7 Å². The Morgan fingerprint density at radius 3 is 1.52 bits per heavy atom. The number of nitrogens with zero attached hydrogens (tertiary/aromatic N) is 1. The molecule has 0 aliphatic rings. The van der Waals surface area contributed by atoms with Gasteiger partial charge in [-0.05, 0) is 57.8 Å². The van der Waals surface area contributed by atoms with E-state index in [1.807, 2.05) is 27.2 Å². The lowest BCUT2D eigenvalue weighted by atomic mass is 10.0. The molecule has 0 aromatic carbocycles. The second-order valence-electron chi connectivity index (χ2n) is 17.1. The average Bonchev–Trinajstić information content (AvgIpc) is 3.17. The molecule has 0 fully saturated rings. The number of aliphatic hydroxyl groups excluding tert-OH is 1. The van der Waals surface area contributed by atoms with Gasteiger partial charge in [-0.3, -0.25) is 13.8 Å². The third-order valence-corrected chi connectivity index (χ3v) is 11.2. The van der Waals surface area contributed by atoms with Gasteiger partial charge in [0.2, 0.25) is 5.91 Å². The molecule has 0 aliphatic heterocycles. The molecule has 0 saturated carbocycles. The maximum Gasteiger partial charge on any atom is 0.472 e. The summed E-state index contributed by atoms with van der Waals surface area (Å²) in [5, 5.41) is 13.8. The number of likely N-dealkylation sites (N-methyl/N-ethyl adjacent to an activating group) is 1. The van der Waals surface area contributed by atoms with Gasteiger partial charge >= 0.3 is 7.82 Å². The minimum atomic E-state index is -4.34. The number of phosphoric ester groups is 1. The van der Waals surface area contributed by atoms with E-state index in [0.29, 0.717) is 17.4 Å². The minimum absolute atomic E-state index is 0.0592. The molecule has 3 atom stereocenters. The van der Waals surface area contributed by atoms with Crippen LogP contribution in [0.5, 0.6) is 0 Å². The third kappa shape index (κ3) is 42.3. The molecule has 0 aromatic rings. The van der Waals surface area contributed by atoms with Gasteiger partial charge in [0.05, 0.1) is 39.9 Å². The van der Waals surface area contributed by atoms with E-state index in [-0.39, 0.29) is 19.1 Å². The molecular formula is C49H92N2O6P+. The van der Waals surface area contributed by atoms with Crippen LogP contribution in [0.2, 0.25) is 0 Å². The Morgan fingerprint density at radius 2 is 1.03 bits per heavy atom. The van der Waals surface area contributed by atoms with E-state index in [2.05, 4.69) is 67.8 Å². The highest BCUT2D eigenvalue weighted by Gasteiger charge is 2.27. The number of unbranched alkanes of at least 4 members (excludes halogenated alkanes) is 21. The highest BCUT2D eigenvalue weighted by Crippen LogP contribution is 2.43. The van der Waals surface area contributed by atoms with E-state index in [9.17, 15) is 19.4 Å². The first-order chi connectivity index (χ1) is 28.0. The van der Waals surface area contributed by atoms with Gasteiger partial charge in [-0.1, -0.05) is 190 Å². The summed E-state index contributed by atoms with van der Waals surface area (Å²) in [6, 6.07) is -0.847. The minimum Gasteiger partial charge on any atom is -0.387 e. The van der Waals surface area contributed by atoms with Crippen molar-refractivity contribution in [1.82, 2.24) is 5.32 Å². The van der Waals surface area contributed by atoms with Crippen molar-refractivity contribution in [2.24, 2.45) is 0 Å². The van der Waals surface area contributed by atoms with E-state index in [1.165, 1.54) is 109 Å². The zero-order valence-corrected chi connectivity index (χ0v) is 39.2. The molecule has 0 aliphatic carbocycles. The van der Waals surface area contributed by atoms with Gasteiger partial charge < -0.3 is 19.8 Å². The molecule has 0 heterocycles. The number of nitrogens with one attached hydrogen (secondary N) is 1. The highest BCUT2D eigenvalue weighted by atomic mass is 31.2. The molecule has 0 bridgehead atoms. The molecule has 0 aromatic heterocycles. The summed E-state index contributed by atoms with van der Waals surface area (Å²) in [7, 11) is 1.56. The molecule has 8 nitrogen and oxygen atoms in total. The fourth-order valence-corrected chi connectivity index (χ4v) is 7.24. The maximum absolute atomic E-state index is 12.9. The van der Waals surface area contributed by atoms with Crippen LogP contribution in [0.25, 0.3) is 0 Å². The molecule has 0 saturated heterocycles. The van der Waals surface area contributed by atoms with Gasteiger partial charge in [-0.25, -0.2) is 4.57 Å². The largest absolute Gasteiger partial charge is 0.472 e. The molecule has 3 N–H and O–H groups in total. The molecule has 9 heteroatoms. The van der Waals surface area contributed by atoms with Gasteiger partial charge in [0.15, 0.2) is 0 Å². The second kappa shape index (κ2) is 40.6. The number of quaternary nitrogens is 1. The summed E-state index contributed by atoms with van der Waals surface area (Å²) in [4.78, 5) is 23.1. The first kappa shape index (κ1) is 56.2. The summed E-state index contributed by atoms with van der Waals surface area (Å²) >= 11 is 0. The first-order valence-electron chi connectivity index (χ1n) is 23.7. The topological polar surface area (TPSA) is 105 Å². The Hall–Kier alpha value is -1.80. The van der Waals surface area contributed by atoms with Crippen molar-refractivity contribution in [1.29, 1.82) is 0 Å². The number of hydrogen-bond acceptors (Lipinski definition) is 5. The quantitative estimate of drug-likeness (QED) is 0.0245. The Morgan fingerprint density at radius 1 is 0.603 bits per heavy atom. The summed E-state index contributed by atoms with van der Waals surface area (Å²) in [5.74, 6) is -0.183. The van der Waals surface area contributed by atoms with Crippen LogP contribution < -0.4 is 5.32 Å². The fourth-order valence-electron chi connectivity index (χ4n) is 6.50. The van der Waals surface area contributed by atoms with Crippen molar-refractivity contribution in [2.45, 2.75) is 206 Å². The lowest BCUT2D eigenvalue weighted by Gasteiger charge is -2.25. The van der Waals surface area contributed by atoms with Crippen molar-refractivity contribution in [3.63, 3.8) is 0 Å². The van der Waals surface area contributed by atoms with Crippen LogP contribution in [-0.2, 0) is 18.4 Å². The van der Waals surface area contributed by atoms with E-state index in [1.54, 1.807) is 6.08 Å². The van der Waals surface area contributed by atoms with E-state index >= 15 is 0 Å². The maximum atomic E-state index is 12.9. The predicted molar refractivity (Wildman–Crippen MR) is 249 cm³/mol. The van der Waals surface area contributed by atoms with Crippen LogP contribution in [0, 0.1) is 0 Å². The van der Waals surface area contributed by atoms with Crippen molar-refractivity contribution in [2.75, 3.05) is 40.9 Å². The molecular weight excluding hydrogens is 744 g/mol. The molecule has 3 unspecified atom stereocenters. The third-order valence-electron chi connectivity index (χ3n) is 10.2. The lowest BCUT2D eigenvalue weighted by Crippen LogP contribution is -2.45. The molecule has 0 spiro atoms. The van der Waals surface area contributed by atoms with Gasteiger partial charge in [0.1, 0.15) is 13.2 Å². The summed E-state index contributed by atoms with van der Waals surface area (Å²) in [6.45, 7) is 4.68. The summed E-state index contributed by atoms with van der Waals surface area (Å²) in [6.07, 6.45) is 53.0. The van der Waals surface area contributed by atoms with Crippen LogP contribution in [-0.4, -0.2) is 73.4 Å². The molecule has 0 rings (SSSR count). The molecule has 58 heavy (non-hydrogen) atoms. The highest BCUT2D eigenvalue weighted by molar-refractivity contribution is 7.47. The lowest BCUT2D eigenvalue weighted by molar-refractivity contribution is -0.870. The van der Waals surface area contributed by atoms with Crippen LogP contribution >= 0.6 is 7.82 Å². The summed E-state index contributed by atoms with van der Waals surface area (Å²) in [5.41, 5.74) is 0. The molecule has 338 valence electrons. The number of allylic oxidation sites excluding steroid dienone is 9. The molecule has 1 amide bonds. The van der Waals surface area contributed by atoms with Crippen LogP contribution in [0.15, 0.2) is 60.8 Å². The Kier molecular flexibility index (Phi) is 39.3. The van der Waals surface area contributed by atoms with Crippen molar-refractivity contribution in [3.8, 4) is 0 Å². The SMILES string of the molecule is CC/C=C\C/C=C\C/C=C\C/C=C\CCCCCCCCCCCCCCC(=O)NC(COP(=O)(O)OCC[N+](C)(C)C)C(O)/C=C/CCCCCCCCCCC. The molecule has 0 radical (unpaired) electrons. The monoisotopic (exact) mass is 836 g/mol. The van der Waals surface area contributed by atoms with Gasteiger partial charge in [-0.2, -0.15) is 0 Å². The van der Waals surface area contributed by atoms with Gasteiger partial charge in [0.25, 0.3) is 0 Å². The van der Waals surface area contributed by atoms with Crippen LogP contribution in [0.3, 0.4) is 0 Å². The number of rotatable bonds is 42. The van der Waals surface area contributed by atoms with Crippen LogP contribution in [0.4, 0.5) is 0 Å². The smallest absolute Gasteiger partial charge is 0.387 e. The van der Waals surface area contributed by atoms with Gasteiger partial charge in [-0.15, -0.1) is 0 Å². The standard InChI is InChI=1S/C49H91N2O6P/c1-6-8-10-12-14-16-18-19-20-21-22-23-24-25-26-27-28-29-30-31-33-35-37-39-41-43-49(53)50-47(46-57-58(54,55)56-45-44-51(3,4)5)48(52)42-40-38-36-34-32-17-15-13-11-9-7-2/h8,10,14,16,19-20,22-23,40,42,47-48,52H,6-7,9,11-13,15,17-18,21,24-39,41,43-46H2,1-5H3,(H-,50,53,54,55)/p+1/b10-8-,16-14-,20-19-,23-22-,42-40+. The number of phosphoric acid groups is 1. The van der Waals surface area contributed by atoms with E-state index in [0.717, 1.165) is 64.2 Å². The zero-order chi connectivity index (χ0) is 42.8. The van der Waals surface area contributed by atoms with Gasteiger partial charge in [0, 0.05) is 6.42 Å². The number of carbonyl (C=O) groups excluding carboxylic acids is 1. The average molecular weight is 836 g/mol. The predicted octanol–water partition coefficient (Wildman–Crippen LogP) is 13.4. The van der Waals surface area contributed by atoms with Crippen molar-refractivity contribution in [3.05, 3.63) is 60.8 Å². The number of hydrogen-bond donors (Lipinski definition) is 3. The number of amides is 1. The first-order valence-corrected chi connectivity index (χ1v) is 25.2. The number of aliphatic hydroxyl groups is 1. The zero-order valence-electron chi connectivity index (χ0n) is 38.3. The normalized spacial score (nSPS) is 14.8. The van der Waals surface area contributed by atoms with E-state index < -0.39 is 20.0 Å². The Bertz CT molecular complexity index is 1130. The number of carbonyl (C=O) groups is 1. The van der Waals surface area contributed by atoms with Crippen LogP contribution in [0.1, 0.15) is 194 Å². The van der Waals surface area contributed by atoms with Crippen molar-refractivity contribution < 1.29 is 32.9 Å². The van der Waals surface area contributed by atoms with E-state index in [4.69, 9.17) is 9.05 Å². The second-order valence-corrected chi connectivity index (χ2v) is 18.6. The fraction of sp³-hybridized carbons (Fsp3) is 0.776. The summed E-state index contributed by atoms with van der Waals surface area (Å²) < 4.78 is 23.5.